The van der Waals surface area contributed by atoms with Gasteiger partial charge in [-0.05, 0) is 5.56 Å². The molecule has 2 atom stereocenters. The molecule has 0 radical (unpaired) electrons. The number of amides is 1. The van der Waals surface area contributed by atoms with Crippen molar-refractivity contribution in [2.75, 3.05) is 20.2 Å². The van der Waals surface area contributed by atoms with Crippen LogP contribution >= 0.6 is 0 Å². The number of rotatable bonds is 5. The molecule has 1 aliphatic rings. The Bertz CT molecular complexity index is 678. The number of methoxy groups -OCH3 is 1. The van der Waals surface area contributed by atoms with Crippen LogP contribution in [0.3, 0.4) is 0 Å². The second-order valence-electron chi connectivity index (χ2n) is 5.54. The van der Waals surface area contributed by atoms with Gasteiger partial charge in [-0.15, -0.1) is 10.2 Å². The topological polar surface area (TPSA) is 84.8 Å². The smallest absolute Gasteiger partial charge is 0.256 e. The zero-order chi connectivity index (χ0) is 16.9. The SMILES string of the molecule is COc1ccc(OC2CCN(C(=O)C(O)c3ccccc3)C2)nn1. The van der Waals surface area contributed by atoms with Crippen molar-refractivity contribution in [1.82, 2.24) is 15.1 Å². The molecule has 3 rings (SSSR count). The van der Waals surface area contributed by atoms with Crippen molar-refractivity contribution in [2.24, 2.45) is 0 Å². The fourth-order valence-electron chi connectivity index (χ4n) is 2.63. The molecular weight excluding hydrogens is 310 g/mol. The minimum absolute atomic E-state index is 0.167. The van der Waals surface area contributed by atoms with E-state index in [9.17, 15) is 9.90 Å². The van der Waals surface area contributed by atoms with Gasteiger partial charge in [0.25, 0.3) is 5.91 Å². The fraction of sp³-hybridized carbons (Fsp3) is 0.353. The summed E-state index contributed by atoms with van der Waals surface area (Å²) in [4.78, 5) is 14.0. The Morgan fingerprint density at radius 3 is 2.58 bits per heavy atom. The first-order chi connectivity index (χ1) is 11.7. The molecule has 126 valence electrons. The molecule has 1 saturated heterocycles. The second kappa shape index (κ2) is 7.27. The molecule has 1 N–H and O–H groups in total. The number of aliphatic hydroxyl groups is 1. The Kier molecular flexibility index (Phi) is 4.90. The summed E-state index contributed by atoms with van der Waals surface area (Å²) in [5.41, 5.74) is 0.591. The predicted octanol–water partition coefficient (Wildman–Crippen LogP) is 1.20. The molecule has 2 unspecified atom stereocenters. The summed E-state index contributed by atoms with van der Waals surface area (Å²) in [6.45, 7) is 0.952. The third-order valence-corrected chi connectivity index (χ3v) is 3.92. The van der Waals surface area contributed by atoms with E-state index in [2.05, 4.69) is 10.2 Å². The lowest BCUT2D eigenvalue weighted by atomic mass is 10.1. The Morgan fingerprint density at radius 1 is 1.21 bits per heavy atom. The van der Waals surface area contributed by atoms with Crippen molar-refractivity contribution >= 4 is 5.91 Å². The third-order valence-electron chi connectivity index (χ3n) is 3.92. The molecule has 1 amide bonds. The molecule has 2 heterocycles. The number of likely N-dealkylation sites (tertiary alicyclic amines) is 1. The molecule has 0 aliphatic carbocycles. The summed E-state index contributed by atoms with van der Waals surface area (Å²) in [6, 6.07) is 12.2. The molecule has 0 saturated carbocycles. The van der Waals surface area contributed by atoms with Gasteiger partial charge >= 0.3 is 0 Å². The number of nitrogens with zero attached hydrogens (tertiary/aromatic N) is 3. The highest BCUT2D eigenvalue weighted by atomic mass is 16.5. The highest BCUT2D eigenvalue weighted by molar-refractivity contribution is 5.82. The molecule has 7 heteroatoms. The quantitative estimate of drug-likeness (QED) is 0.887. The highest BCUT2D eigenvalue weighted by Gasteiger charge is 2.31. The van der Waals surface area contributed by atoms with Crippen molar-refractivity contribution in [3.8, 4) is 11.8 Å². The van der Waals surface area contributed by atoms with Crippen LogP contribution in [0.25, 0.3) is 0 Å². The average molecular weight is 329 g/mol. The van der Waals surface area contributed by atoms with Crippen molar-refractivity contribution in [1.29, 1.82) is 0 Å². The maximum atomic E-state index is 12.4. The van der Waals surface area contributed by atoms with Gasteiger partial charge in [-0.2, -0.15) is 0 Å². The summed E-state index contributed by atoms with van der Waals surface area (Å²) in [7, 11) is 1.52. The van der Waals surface area contributed by atoms with Gasteiger partial charge < -0.3 is 19.5 Å². The van der Waals surface area contributed by atoms with Crippen LogP contribution in [0.2, 0.25) is 0 Å². The van der Waals surface area contributed by atoms with Crippen molar-refractivity contribution in [3.63, 3.8) is 0 Å². The number of ether oxygens (including phenoxy) is 2. The number of aromatic nitrogens is 2. The molecule has 1 aromatic carbocycles. The van der Waals surface area contributed by atoms with E-state index < -0.39 is 6.10 Å². The van der Waals surface area contributed by atoms with Crippen LogP contribution in [0.1, 0.15) is 18.1 Å². The number of hydrogen-bond acceptors (Lipinski definition) is 6. The van der Waals surface area contributed by atoms with Crippen molar-refractivity contribution in [2.45, 2.75) is 18.6 Å². The first-order valence-electron chi connectivity index (χ1n) is 7.73. The lowest BCUT2D eigenvalue weighted by molar-refractivity contribution is -0.139. The summed E-state index contributed by atoms with van der Waals surface area (Å²) < 4.78 is 10.7. The molecule has 1 aliphatic heterocycles. The van der Waals surface area contributed by atoms with Crippen molar-refractivity contribution < 1.29 is 19.4 Å². The minimum atomic E-state index is -1.15. The lowest BCUT2D eigenvalue weighted by Crippen LogP contribution is -2.34. The largest absolute Gasteiger partial charge is 0.480 e. The average Bonchev–Trinajstić information content (AvgIpc) is 3.10. The second-order valence-corrected chi connectivity index (χ2v) is 5.54. The van der Waals surface area contributed by atoms with Crippen LogP contribution in [0, 0.1) is 0 Å². The molecule has 1 fully saturated rings. The summed E-state index contributed by atoms with van der Waals surface area (Å²) >= 11 is 0. The lowest BCUT2D eigenvalue weighted by Gasteiger charge is -2.20. The highest BCUT2D eigenvalue weighted by Crippen LogP contribution is 2.21. The summed E-state index contributed by atoms with van der Waals surface area (Å²) in [6.07, 6.45) is -0.633. The van der Waals surface area contributed by atoms with E-state index >= 15 is 0 Å². The molecule has 0 bridgehead atoms. The maximum absolute atomic E-state index is 12.4. The van der Waals surface area contributed by atoms with Gasteiger partial charge in [-0.25, -0.2) is 0 Å². The summed E-state index contributed by atoms with van der Waals surface area (Å²) in [5.74, 6) is 0.489. The number of carbonyl (C=O) groups is 1. The summed E-state index contributed by atoms with van der Waals surface area (Å²) in [5, 5.41) is 18.0. The minimum Gasteiger partial charge on any atom is -0.480 e. The number of benzene rings is 1. The monoisotopic (exact) mass is 329 g/mol. The number of carbonyl (C=O) groups excluding carboxylic acids is 1. The molecule has 24 heavy (non-hydrogen) atoms. The first kappa shape index (κ1) is 16.2. The van der Waals surface area contributed by atoms with Gasteiger partial charge in [0.1, 0.15) is 6.10 Å². The van der Waals surface area contributed by atoms with Crippen LogP contribution in [-0.2, 0) is 4.79 Å². The van der Waals surface area contributed by atoms with Crippen LogP contribution in [0.4, 0.5) is 0 Å². The molecule has 7 nitrogen and oxygen atoms in total. The standard InChI is InChI=1S/C17H19N3O4/c1-23-14-7-8-15(19-18-14)24-13-9-10-20(11-13)17(22)16(21)12-5-3-2-4-6-12/h2-8,13,16,21H,9-11H2,1H3. The van der Waals surface area contributed by atoms with Gasteiger partial charge in [0.05, 0.1) is 13.7 Å². The zero-order valence-corrected chi connectivity index (χ0v) is 13.3. The van der Waals surface area contributed by atoms with Gasteiger partial charge in [0.15, 0.2) is 6.10 Å². The molecule has 0 spiro atoms. The Balaban J connectivity index is 1.57. The Morgan fingerprint density at radius 2 is 1.92 bits per heavy atom. The predicted molar refractivity (Wildman–Crippen MR) is 85.6 cm³/mol. The van der Waals surface area contributed by atoms with E-state index in [1.54, 1.807) is 41.3 Å². The van der Waals surface area contributed by atoms with E-state index in [0.29, 0.717) is 36.8 Å². The van der Waals surface area contributed by atoms with Crippen molar-refractivity contribution in [3.05, 3.63) is 48.0 Å². The normalized spacial score (nSPS) is 18.2. The maximum Gasteiger partial charge on any atom is 0.256 e. The molecule has 1 aromatic heterocycles. The molecular formula is C17H19N3O4. The first-order valence-corrected chi connectivity index (χ1v) is 7.73. The van der Waals surface area contributed by atoms with Gasteiger partial charge in [-0.3, -0.25) is 4.79 Å². The van der Waals surface area contributed by atoms with Crippen LogP contribution in [0.5, 0.6) is 11.8 Å². The van der Waals surface area contributed by atoms with E-state index in [0.717, 1.165) is 0 Å². The van der Waals surface area contributed by atoms with Crippen LogP contribution in [-0.4, -0.2) is 52.4 Å². The third kappa shape index (κ3) is 3.62. The molecule has 2 aromatic rings. The number of aliphatic hydroxyl groups excluding tert-OH is 1. The van der Waals surface area contributed by atoms with E-state index in [4.69, 9.17) is 9.47 Å². The Hall–Kier alpha value is -2.67. The van der Waals surface area contributed by atoms with Crippen LogP contribution in [0.15, 0.2) is 42.5 Å². The van der Waals surface area contributed by atoms with Gasteiger partial charge in [0.2, 0.25) is 11.8 Å². The van der Waals surface area contributed by atoms with E-state index in [-0.39, 0.29) is 12.0 Å². The van der Waals surface area contributed by atoms with Gasteiger partial charge in [-0.1, -0.05) is 30.3 Å². The zero-order valence-electron chi connectivity index (χ0n) is 13.3. The Labute approximate surface area is 139 Å². The fourth-order valence-corrected chi connectivity index (χ4v) is 2.63. The number of hydrogen-bond donors (Lipinski definition) is 1. The van der Waals surface area contributed by atoms with E-state index in [1.807, 2.05) is 6.07 Å². The van der Waals surface area contributed by atoms with Gasteiger partial charge in [0, 0.05) is 25.1 Å². The van der Waals surface area contributed by atoms with Crippen LogP contribution < -0.4 is 9.47 Å². The van der Waals surface area contributed by atoms with E-state index in [1.165, 1.54) is 7.11 Å².